The Kier molecular flexibility index (Phi) is 5.26. The summed E-state index contributed by atoms with van der Waals surface area (Å²) in [4.78, 5) is 22.7. The van der Waals surface area contributed by atoms with Crippen molar-refractivity contribution in [3.05, 3.63) is 35.9 Å². The van der Waals surface area contributed by atoms with Crippen LogP contribution in [0.2, 0.25) is 0 Å². The van der Waals surface area contributed by atoms with Gasteiger partial charge in [0.1, 0.15) is 6.61 Å². The van der Waals surface area contributed by atoms with Crippen molar-refractivity contribution in [3.63, 3.8) is 0 Å². The molecule has 0 heterocycles. The molecule has 0 saturated carbocycles. The van der Waals surface area contributed by atoms with E-state index in [0.717, 1.165) is 12.8 Å². The van der Waals surface area contributed by atoms with Crippen LogP contribution in [0.3, 0.4) is 0 Å². The van der Waals surface area contributed by atoms with E-state index in [2.05, 4.69) is 0 Å². The fourth-order valence-electron chi connectivity index (χ4n) is 1.25. The first-order chi connectivity index (χ1) is 7.74. The molecule has 1 rings (SSSR count). The van der Waals surface area contributed by atoms with E-state index in [4.69, 9.17) is 4.74 Å². The molecule has 1 aromatic rings. The van der Waals surface area contributed by atoms with E-state index < -0.39 is 5.97 Å². The number of unbranched alkanes of at least 4 members (excludes halogenated alkanes) is 1. The lowest BCUT2D eigenvalue weighted by atomic mass is 10.2. The minimum Gasteiger partial charge on any atom is -0.454 e. The van der Waals surface area contributed by atoms with Gasteiger partial charge >= 0.3 is 5.97 Å². The van der Waals surface area contributed by atoms with Crippen LogP contribution in [0.25, 0.3) is 0 Å². The number of benzene rings is 1. The van der Waals surface area contributed by atoms with Crippen LogP contribution in [0.15, 0.2) is 30.3 Å². The smallest absolute Gasteiger partial charge is 0.338 e. The number of rotatable bonds is 6. The van der Waals surface area contributed by atoms with Crippen LogP contribution < -0.4 is 0 Å². The average Bonchev–Trinajstić information content (AvgIpc) is 2.34. The van der Waals surface area contributed by atoms with Gasteiger partial charge in [-0.3, -0.25) is 4.79 Å². The zero-order valence-electron chi connectivity index (χ0n) is 9.44. The van der Waals surface area contributed by atoms with Crippen molar-refractivity contribution in [1.82, 2.24) is 0 Å². The summed E-state index contributed by atoms with van der Waals surface area (Å²) in [6.07, 6.45) is 2.30. The van der Waals surface area contributed by atoms with Crippen LogP contribution in [0.5, 0.6) is 0 Å². The van der Waals surface area contributed by atoms with Crippen molar-refractivity contribution in [2.24, 2.45) is 0 Å². The van der Waals surface area contributed by atoms with E-state index in [1.165, 1.54) is 0 Å². The molecule has 0 radical (unpaired) electrons. The molecule has 1 aromatic carbocycles. The molecule has 0 aliphatic carbocycles. The van der Waals surface area contributed by atoms with Crippen LogP contribution in [0, 0.1) is 0 Å². The predicted octanol–water partition coefficient (Wildman–Crippen LogP) is 2.60. The maximum atomic E-state index is 11.4. The Labute approximate surface area is 95.4 Å². The van der Waals surface area contributed by atoms with Gasteiger partial charge in [0.2, 0.25) is 0 Å². The minimum absolute atomic E-state index is 0.0221. The number of carbonyl (C=O) groups is 2. The van der Waals surface area contributed by atoms with E-state index in [0.29, 0.717) is 12.0 Å². The lowest BCUT2D eigenvalue weighted by molar-refractivity contribution is -0.122. The molecule has 0 N–H and O–H groups in total. The van der Waals surface area contributed by atoms with Gasteiger partial charge in [0.25, 0.3) is 0 Å². The summed E-state index contributed by atoms with van der Waals surface area (Å²) in [5.41, 5.74) is 0.478. The normalized spacial score (nSPS) is 9.81. The molecular weight excluding hydrogens is 204 g/mol. The van der Waals surface area contributed by atoms with Crippen molar-refractivity contribution in [1.29, 1.82) is 0 Å². The molecular formula is C13H16O3. The zero-order valence-corrected chi connectivity index (χ0v) is 9.44. The first kappa shape index (κ1) is 12.4. The number of ether oxygens (including phenoxy) is 1. The maximum absolute atomic E-state index is 11.4. The van der Waals surface area contributed by atoms with E-state index in [1.54, 1.807) is 24.3 Å². The Balaban J connectivity index is 2.33. The third-order valence-electron chi connectivity index (χ3n) is 2.18. The van der Waals surface area contributed by atoms with Crippen LogP contribution in [-0.2, 0) is 9.53 Å². The maximum Gasteiger partial charge on any atom is 0.338 e. The molecule has 0 unspecified atom stereocenters. The molecule has 0 fully saturated rings. The Bertz CT molecular complexity index is 343. The van der Waals surface area contributed by atoms with Crippen LogP contribution in [0.4, 0.5) is 0 Å². The van der Waals surface area contributed by atoms with Gasteiger partial charge in [-0.2, -0.15) is 0 Å². The number of Topliss-reactive ketones (excluding diaryl/α,β-unsaturated/α-hetero) is 1. The molecule has 0 spiro atoms. The fourth-order valence-corrected chi connectivity index (χ4v) is 1.25. The summed E-state index contributed by atoms with van der Waals surface area (Å²) in [5.74, 6) is -0.462. The monoisotopic (exact) mass is 220 g/mol. The van der Waals surface area contributed by atoms with Crippen molar-refractivity contribution in [2.45, 2.75) is 26.2 Å². The van der Waals surface area contributed by atoms with Gasteiger partial charge in [-0.1, -0.05) is 31.5 Å². The zero-order chi connectivity index (χ0) is 11.8. The molecule has 0 bridgehead atoms. The second-order valence-electron chi connectivity index (χ2n) is 3.58. The SMILES string of the molecule is CCCCC(=O)COC(=O)c1ccccc1. The first-order valence-corrected chi connectivity index (χ1v) is 5.48. The predicted molar refractivity (Wildman–Crippen MR) is 61.3 cm³/mol. The fraction of sp³-hybridized carbons (Fsp3) is 0.385. The van der Waals surface area contributed by atoms with Crippen molar-refractivity contribution in [2.75, 3.05) is 6.61 Å². The van der Waals surface area contributed by atoms with Gasteiger partial charge in [0.15, 0.2) is 5.78 Å². The lowest BCUT2D eigenvalue weighted by Crippen LogP contribution is -2.13. The number of ketones is 1. The van der Waals surface area contributed by atoms with E-state index in [9.17, 15) is 9.59 Å². The summed E-state index contributed by atoms with van der Waals surface area (Å²) in [6.45, 7) is 1.90. The highest BCUT2D eigenvalue weighted by Crippen LogP contribution is 2.02. The van der Waals surface area contributed by atoms with E-state index >= 15 is 0 Å². The third-order valence-corrected chi connectivity index (χ3v) is 2.18. The minimum atomic E-state index is -0.439. The van der Waals surface area contributed by atoms with E-state index in [-0.39, 0.29) is 12.4 Å². The van der Waals surface area contributed by atoms with Gasteiger partial charge in [0, 0.05) is 6.42 Å². The number of hydrogen-bond acceptors (Lipinski definition) is 3. The standard InChI is InChI=1S/C13H16O3/c1-2-3-9-12(14)10-16-13(15)11-7-5-4-6-8-11/h4-8H,2-3,9-10H2,1H3. The number of carbonyl (C=O) groups excluding carboxylic acids is 2. The van der Waals surface area contributed by atoms with Crippen molar-refractivity contribution in [3.8, 4) is 0 Å². The number of esters is 1. The van der Waals surface area contributed by atoms with Crippen LogP contribution in [0.1, 0.15) is 36.5 Å². The summed E-state index contributed by atoms with van der Waals surface area (Å²) < 4.78 is 4.90. The average molecular weight is 220 g/mol. The van der Waals surface area contributed by atoms with E-state index in [1.807, 2.05) is 13.0 Å². The van der Waals surface area contributed by atoms with Gasteiger partial charge in [-0.05, 0) is 18.6 Å². The molecule has 16 heavy (non-hydrogen) atoms. The topological polar surface area (TPSA) is 43.4 Å². The van der Waals surface area contributed by atoms with Gasteiger partial charge in [-0.15, -0.1) is 0 Å². The largest absolute Gasteiger partial charge is 0.454 e. The summed E-state index contributed by atoms with van der Waals surface area (Å²) in [7, 11) is 0. The van der Waals surface area contributed by atoms with Crippen LogP contribution in [-0.4, -0.2) is 18.4 Å². The van der Waals surface area contributed by atoms with Crippen molar-refractivity contribution >= 4 is 11.8 Å². The first-order valence-electron chi connectivity index (χ1n) is 5.48. The molecule has 3 nitrogen and oxygen atoms in total. The Morgan fingerprint density at radius 2 is 1.88 bits per heavy atom. The molecule has 0 saturated heterocycles. The van der Waals surface area contributed by atoms with Crippen molar-refractivity contribution < 1.29 is 14.3 Å². The molecule has 0 amide bonds. The Morgan fingerprint density at radius 3 is 2.50 bits per heavy atom. The third kappa shape index (κ3) is 4.26. The highest BCUT2D eigenvalue weighted by Gasteiger charge is 2.08. The molecule has 0 aliphatic rings. The van der Waals surface area contributed by atoms with Gasteiger partial charge < -0.3 is 4.74 Å². The summed E-state index contributed by atoms with van der Waals surface area (Å²) in [6, 6.07) is 8.67. The number of hydrogen-bond donors (Lipinski definition) is 0. The Morgan fingerprint density at radius 1 is 1.19 bits per heavy atom. The summed E-state index contributed by atoms with van der Waals surface area (Å²) >= 11 is 0. The van der Waals surface area contributed by atoms with Gasteiger partial charge in [0.05, 0.1) is 5.56 Å². The highest BCUT2D eigenvalue weighted by atomic mass is 16.5. The molecule has 0 aromatic heterocycles. The molecule has 3 heteroatoms. The quantitative estimate of drug-likeness (QED) is 0.692. The molecule has 0 atom stereocenters. The summed E-state index contributed by atoms with van der Waals surface area (Å²) in [5, 5.41) is 0. The molecule has 86 valence electrons. The highest BCUT2D eigenvalue weighted by molar-refractivity contribution is 5.91. The Hall–Kier alpha value is -1.64. The van der Waals surface area contributed by atoms with Gasteiger partial charge in [-0.25, -0.2) is 4.79 Å². The second kappa shape index (κ2) is 6.77. The second-order valence-corrected chi connectivity index (χ2v) is 3.58. The van der Waals surface area contributed by atoms with Crippen LogP contribution >= 0.6 is 0 Å². The lowest BCUT2D eigenvalue weighted by Gasteiger charge is -2.03. The molecule has 0 aliphatic heterocycles.